The summed E-state index contributed by atoms with van der Waals surface area (Å²) in [6.45, 7) is 3.95. The molecule has 18 heavy (non-hydrogen) atoms. The van der Waals surface area contributed by atoms with Crippen molar-refractivity contribution in [1.29, 1.82) is 0 Å². The van der Waals surface area contributed by atoms with Crippen molar-refractivity contribution in [1.82, 2.24) is 0 Å². The molecule has 1 aromatic carbocycles. The van der Waals surface area contributed by atoms with E-state index in [-0.39, 0.29) is 17.9 Å². The standard InChI is InChI=1S/C13H16N2O3/c1-7(2)11-12(16)15-10-6-8(13(17)18-3)4-5-9(10)14-11/h4-7,11,14H,1-3H3,(H,15,16). The number of carbonyl (C=O) groups is 2. The third-order valence-corrected chi connectivity index (χ3v) is 2.96. The molecule has 0 aromatic heterocycles. The summed E-state index contributed by atoms with van der Waals surface area (Å²) < 4.78 is 4.64. The van der Waals surface area contributed by atoms with E-state index in [1.165, 1.54) is 7.11 Å². The smallest absolute Gasteiger partial charge is 0.337 e. The van der Waals surface area contributed by atoms with E-state index in [1.807, 2.05) is 13.8 Å². The highest BCUT2D eigenvalue weighted by Crippen LogP contribution is 2.29. The molecule has 0 aliphatic carbocycles. The van der Waals surface area contributed by atoms with Crippen LogP contribution in [0.1, 0.15) is 24.2 Å². The Morgan fingerprint density at radius 1 is 1.33 bits per heavy atom. The van der Waals surface area contributed by atoms with Crippen LogP contribution in [0.2, 0.25) is 0 Å². The third-order valence-electron chi connectivity index (χ3n) is 2.96. The van der Waals surface area contributed by atoms with Crippen LogP contribution in [0.25, 0.3) is 0 Å². The van der Waals surface area contributed by atoms with E-state index in [9.17, 15) is 9.59 Å². The summed E-state index contributed by atoms with van der Waals surface area (Å²) >= 11 is 0. The zero-order valence-electron chi connectivity index (χ0n) is 10.6. The predicted molar refractivity (Wildman–Crippen MR) is 68.7 cm³/mol. The Morgan fingerprint density at radius 2 is 2.06 bits per heavy atom. The normalized spacial score (nSPS) is 17.8. The van der Waals surface area contributed by atoms with Gasteiger partial charge in [0, 0.05) is 0 Å². The molecule has 0 bridgehead atoms. The SMILES string of the molecule is COC(=O)c1ccc2c(c1)NC(=O)C(C(C)C)N2. The van der Waals surface area contributed by atoms with Gasteiger partial charge in [-0.15, -0.1) is 0 Å². The zero-order chi connectivity index (χ0) is 13.3. The van der Waals surface area contributed by atoms with Crippen molar-refractivity contribution in [3.05, 3.63) is 23.8 Å². The molecule has 1 aliphatic rings. The van der Waals surface area contributed by atoms with Crippen molar-refractivity contribution >= 4 is 23.3 Å². The maximum absolute atomic E-state index is 11.9. The molecule has 1 aromatic rings. The van der Waals surface area contributed by atoms with Gasteiger partial charge in [0.15, 0.2) is 0 Å². The Morgan fingerprint density at radius 3 is 2.67 bits per heavy atom. The summed E-state index contributed by atoms with van der Waals surface area (Å²) in [5.41, 5.74) is 1.85. The number of methoxy groups -OCH3 is 1. The lowest BCUT2D eigenvalue weighted by Crippen LogP contribution is -2.42. The maximum Gasteiger partial charge on any atom is 0.337 e. The Hall–Kier alpha value is -2.04. The number of hydrogen-bond acceptors (Lipinski definition) is 4. The highest BCUT2D eigenvalue weighted by molar-refractivity contribution is 6.04. The molecular weight excluding hydrogens is 232 g/mol. The van der Waals surface area contributed by atoms with Crippen LogP contribution >= 0.6 is 0 Å². The Kier molecular flexibility index (Phi) is 3.23. The van der Waals surface area contributed by atoms with E-state index in [4.69, 9.17) is 0 Å². The van der Waals surface area contributed by atoms with Crippen LogP contribution in [-0.2, 0) is 9.53 Å². The maximum atomic E-state index is 11.9. The van der Waals surface area contributed by atoms with Crippen molar-refractivity contribution in [2.45, 2.75) is 19.9 Å². The van der Waals surface area contributed by atoms with Gasteiger partial charge < -0.3 is 15.4 Å². The number of rotatable bonds is 2. The molecule has 96 valence electrons. The summed E-state index contributed by atoms with van der Waals surface area (Å²) in [6, 6.07) is 4.81. The van der Waals surface area contributed by atoms with E-state index in [1.54, 1.807) is 18.2 Å². The van der Waals surface area contributed by atoms with Crippen LogP contribution in [0.15, 0.2) is 18.2 Å². The summed E-state index contributed by atoms with van der Waals surface area (Å²) in [4.78, 5) is 23.3. The molecule has 0 saturated carbocycles. The lowest BCUT2D eigenvalue weighted by molar-refractivity contribution is -0.117. The van der Waals surface area contributed by atoms with E-state index >= 15 is 0 Å². The number of ether oxygens (including phenoxy) is 1. The zero-order valence-corrected chi connectivity index (χ0v) is 10.6. The second-order valence-corrected chi connectivity index (χ2v) is 4.61. The molecule has 0 radical (unpaired) electrons. The van der Waals surface area contributed by atoms with Gasteiger partial charge in [-0.2, -0.15) is 0 Å². The number of anilines is 2. The molecular formula is C13H16N2O3. The second-order valence-electron chi connectivity index (χ2n) is 4.61. The van der Waals surface area contributed by atoms with Crippen molar-refractivity contribution in [3.63, 3.8) is 0 Å². The molecule has 1 aliphatic heterocycles. The summed E-state index contributed by atoms with van der Waals surface area (Å²) in [5, 5.41) is 5.97. The Labute approximate surface area is 106 Å². The minimum Gasteiger partial charge on any atom is -0.465 e. The number of amides is 1. The number of nitrogens with one attached hydrogen (secondary N) is 2. The fourth-order valence-electron chi connectivity index (χ4n) is 1.93. The van der Waals surface area contributed by atoms with Crippen LogP contribution in [-0.4, -0.2) is 25.0 Å². The lowest BCUT2D eigenvalue weighted by atomic mass is 10.00. The van der Waals surface area contributed by atoms with Crippen LogP contribution in [0.3, 0.4) is 0 Å². The molecule has 2 rings (SSSR count). The Bertz CT molecular complexity index is 497. The highest BCUT2D eigenvalue weighted by Gasteiger charge is 2.28. The molecule has 1 amide bonds. The van der Waals surface area contributed by atoms with E-state index < -0.39 is 5.97 Å². The first-order valence-electron chi connectivity index (χ1n) is 5.82. The first-order valence-corrected chi connectivity index (χ1v) is 5.82. The van der Waals surface area contributed by atoms with Gasteiger partial charge >= 0.3 is 5.97 Å². The number of benzene rings is 1. The topological polar surface area (TPSA) is 67.4 Å². The minimum atomic E-state index is -0.418. The molecule has 5 heteroatoms. The van der Waals surface area contributed by atoms with Gasteiger partial charge in [0.1, 0.15) is 6.04 Å². The third kappa shape index (κ3) is 2.16. The number of hydrogen-bond donors (Lipinski definition) is 2. The molecule has 0 fully saturated rings. The van der Waals surface area contributed by atoms with Gasteiger partial charge in [0.25, 0.3) is 0 Å². The average molecular weight is 248 g/mol. The molecule has 1 atom stereocenters. The van der Waals surface area contributed by atoms with Crippen molar-refractivity contribution < 1.29 is 14.3 Å². The number of esters is 1. The van der Waals surface area contributed by atoms with Gasteiger partial charge in [-0.25, -0.2) is 4.79 Å². The monoisotopic (exact) mass is 248 g/mol. The van der Waals surface area contributed by atoms with Gasteiger partial charge in [0.2, 0.25) is 5.91 Å². The average Bonchev–Trinajstić information content (AvgIpc) is 2.35. The molecule has 0 spiro atoms. The fraction of sp³-hybridized carbons (Fsp3) is 0.385. The van der Waals surface area contributed by atoms with E-state index in [0.29, 0.717) is 11.3 Å². The predicted octanol–water partition coefficient (Wildman–Crippen LogP) is 1.86. The Balaban J connectivity index is 2.32. The lowest BCUT2D eigenvalue weighted by Gasteiger charge is -2.29. The first kappa shape index (κ1) is 12.4. The quantitative estimate of drug-likeness (QED) is 0.784. The number of carbonyl (C=O) groups excluding carboxylic acids is 2. The van der Waals surface area contributed by atoms with Crippen LogP contribution in [0, 0.1) is 5.92 Å². The minimum absolute atomic E-state index is 0.0838. The van der Waals surface area contributed by atoms with E-state index in [2.05, 4.69) is 15.4 Å². The summed E-state index contributed by atoms with van der Waals surface area (Å²) in [6.07, 6.45) is 0. The van der Waals surface area contributed by atoms with E-state index in [0.717, 1.165) is 5.69 Å². The molecule has 5 nitrogen and oxygen atoms in total. The van der Waals surface area contributed by atoms with Crippen LogP contribution in [0.4, 0.5) is 11.4 Å². The number of fused-ring (bicyclic) bond motifs is 1. The van der Waals surface area contributed by atoms with Crippen LogP contribution < -0.4 is 10.6 Å². The van der Waals surface area contributed by atoms with Gasteiger partial charge in [-0.1, -0.05) is 13.8 Å². The van der Waals surface area contributed by atoms with Crippen molar-refractivity contribution in [2.24, 2.45) is 5.92 Å². The van der Waals surface area contributed by atoms with Gasteiger partial charge in [-0.05, 0) is 24.1 Å². The fourth-order valence-corrected chi connectivity index (χ4v) is 1.93. The molecule has 0 saturated heterocycles. The molecule has 2 N–H and O–H groups in total. The molecule has 1 heterocycles. The summed E-state index contributed by atoms with van der Waals surface area (Å²) in [5.74, 6) is -0.309. The largest absolute Gasteiger partial charge is 0.465 e. The first-order chi connectivity index (χ1) is 8.52. The van der Waals surface area contributed by atoms with Crippen LogP contribution in [0.5, 0.6) is 0 Å². The second kappa shape index (κ2) is 4.68. The highest BCUT2D eigenvalue weighted by atomic mass is 16.5. The van der Waals surface area contributed by atoms with Gasteiger partial charge in [0.05, 0.1) is 24.0 Å². The van der Waals surface area contributed by atoms with Crippen molar-refractivity contribution in [2.75, 3.05) is 17.7 Å². The van der Waals surface area contributed by atoms with Gasteiger partial charge in [-0.3, -0.25) is 4.79 Å². The summed E-state index contributed by atoms with van der Waals surface area (Å²) in [7, 11) is 1.33. The van der Waals surface area contributed by atoms with Crippen molar-refractivity contribution in [3.8, 4) is 0 Å². The molecule has 1 unspecified atom stereocenters.